The number of carboxylic acid groups (broad SMARTS) is 1. The van der Waals surface area contributed by atoms with Gasteiger partial charge in [0.15, 0.2) is 0 Å². The molecule has 2 rings (SSSR count). The Bertz CT molecular complexity index is 559. The maximum absolute atomic E-state index is 12.1. The van der Waals surface area contributed by atoms with Crippen LogP contribution in [0.15, 0.2) is 22.7 Å². The average molecular weight is 438 g/mol. The summed E-state index contributed by atoms with van der Waals surface area (Å²) in [4.78, 5) is 23.2. The second-order valence-electron chi connectivity index (χ2n) is 5.23. The minimum atomic E-state index is -0.908. The Kier molecular flexibility index (Phi) is 3.92. The minimum absolute atomic E-state index is 0.231. The smallest absolute Gasteiger partial charge is 0.307 e. The first-order valence-electron chi connectivity index (χ1n) is 5.74. The zero-order valence-electron chi connectivity index (χ0n) is 10.4. The maximum Gasteiger partial charge on any atom is 0.307 e. The lowest BCUT2D eigenvalue weighted by Gasteiger charge is -2.07. The molecule has 2 unspecified atom stereocenters. The van der Waals surface area contributed by atoms with Crippen LogP contribution in [0.1, 0.15) is 13.8 Å². The highest BCUT2D eigenvalue weighted by atomic mass is 127. The van der Waals surface area contributed by atoms with Gasteiger partial charge in [0.1, 0.15) is 0 Å². The zero-order chi connectivity index (χ0) is 14.4. The van der Waals surface area contributed by atoms with E-state index < -0.39 is 23.2 Å². The Morgan fingerprint density at radius 3 is 2.47 bits per heavy atom. The number of carboxylic acids is 1. The SMILES string of the molecule is CC1(C)C(C(=O)O)C1C(=O)Nc1ccc(I)c(Br)c1. The molecule has 1 amide bonds. The van der Waals surface area contributed by atoms with Crippen LogP contribution in [0.4, 0.5) is 5.69 Å². The standard InChI is InChI=1S/C13H13BrINO3/c1-13(2)9(10(13)12(18)19)11(17)16-6-3-4-8(15)7(14)5-6/h3-5,9-10H,1-2H3,(H,16,17)(H,18,19). The molecule has 0 aromatic heterocycles. The normalized spacial score (nSPS) is 23.8. The van der Waals surface area contributed by atoms with Gasteiger partial charge in [0.2, 0.25) is 5.91 Å². The molecule has 0 heterocycles. The number of halogens is 2. The lowest BCUT2D eigenvalue weighted by molar-refractivity contribution is -0.140. The lowest BCUT2D eigenvalue weighted by Crippen LogP contribution is -2.17. The molecule has 1 aliphatic carbocycles. The summed E-state index contributed by atoms with van der Waals surface area (Å²) in [6.07, 6.45) is 0. The van der Waals surface area contributed by atoms with Gasteiger partial charge < -0.3 is 10.4 Å². The fraction of sp³-hybridized carbons (Fsp3) is 0.385. The second kappa shape index (κ2) is 5.05. The molecule has 1 aromatic carbocycles. The summed E-state index contributed by atoms with van der Waals surface area (Å²) >= 11 is 5.57. The van der Waals surface area contributed by atoms with E-state index in [1.807, 2.05) is 12.1 Å². The van der Waals surface area contributed by atoms with Crippen molar-refractivity contribution in [1.29, 1.82) is 0 Å². The summed E-state index contributed by atoms with van der Waals surface area (Å²) in [6, 6.07) is 5.49. The van der Waals surface area contributed by atoms with Gasteiger partial charge in [-0.1, -0.05) is 13.8 Å². The quantitative estimate of drug-likeness (QED) is 0.712. The monoisotopic (exact) mass is 437 g/mol. The summed E-state index contributed by atoms with van der Waals surface area (Å²) in [7, 11) is 0. The van der Waals surface area contributed by atoms with Crippen LogP contribution in [0.25, 0.3) is 0 Å². The third kappa shape index (κ3) is 2.79. The average Bonchev–Trinajstić information content (AvgIpc) is 2.87. The van der Waals surface area contributed by atoms with E-state index in [0.717, 1.165) is 8.04 Å². The van der Waals surface area contributed by atoms with Crippen LogP contribution < -0.4 is 5.32 Å². The predicted octanol–water partition coefficient (Wildman–Crippen LogP) is 3.35. The molecule has 2 atom stereocenters. The number of nitrogens with one attached hydrogen (secondary N) is 1. The van der Waals surface area contributed by atoms with Gasteiger partial charge in [0.05, 0.1) is 11.8 Å². The predicted molar refractivity (Wildman–Crippen MR) is 83.9 cm³/mol. The third-order valence-electron chi connectivity index (χ3n) is 3.56. The van der Waals surface area contributed by atoms with Crippen LogP contribution in [0.2, 0.25) is 0 Å². The van der Waals surface area contributed by atoms with Crippen LogP contribution in [-0.4, -0.2) is 17.0 Å². The van der Waals surface area contributed by atoms with E-state index in [9.17, 15) is 9.59 Å². The summed E-state index contributed by atoms with van der Waals surface area (Å²) in [5.41, 5.74) is 0.195. The Hall–Kier alpha value is -0.630. The molecule has 1 aliphatic rings. The number of aliphatic carboxylic acids is 1. The number of anilines is 1. The number of rotatable bonds is 3. The number of hydrogen-bond donors (Lipinski definition) is 2. The van der Waals surface area contributed by atoms with Gasteiger partial charge in [-0.25, -0.2) is 0 Å². The summed E-state index contributed by atoms with van der Waals surface area (Å²) in [6.45, 7) is 3.61. The Labute approximate surface area is 133 Å². The molecule has 0 bridgehead atoms. The molecule has 1 saturated carbocycles. The van der Waals surface area contributed by atoms with Crippen molar-refractivity contribution < 1.29 is 14.7 Å². The van der Waals surface area contributed by atoms with E-state index in [2.05, 4.69) is 43.8 Å². The molecule has 1 fully saturated rings. The van der Waals surface area contributed by atoms with Crippen LogP contribution in [-0.2, 0) is 9.59 Å². The molecule has 4 nitrogen and oxygen atoms in total. The Morgan fingerprint density at radius 1 is 1.37 bits per heavy atom. The van der Waals surface area contributed by atoms with Gasteiger partial charge >= 0.3 is 5.97 Å². The highest BCUT2D eigenvalue weighted by molar-refractivity contribution is 14.1. The van der Waals surface area contributed by atoms with Gasteiger partial charge in [0.25, 0.3) is 0 Å². The van der Waals surface area contributed by atoms with Crippen LogP contribution in [0, 0.1) is 20.8 Å². The first kappa shape index (κ1) is 14.8. The van der Waals surface area contributed by atoms with Crippen molar-refractivity contribution in [1.82, 2.24) is 0 Å². The molecule has 19 heavy (non-hydrogen) atoms. The van der Waals surface area contributed by atoms with Crippen LogP contribution in [0.3, 0.4) is 0 Å². The van der Waals surface area contributed by atoms with Crippen molar-refractivity contribution in [3.05, 3.63) is 26.2 Å². The van der Waals surface area contributed by atoms with Crippen molar-refractivity contribution in [3.8, 4) is 0 Å². The molecule has 0 radical (unpaired) electrons. The topological polar surface area (TPSA) is 66.4 Å². The molecule has 0 saturated heterocycles. The van der Waals surface area contributed by atoms with E-state index >= 15 is 0 Å². The number of benzene rings is 1. The van der Waals surface area contributed by atoms with Gasteiger partial charge in [-0.3, -0.25) is 9.59 Å². The molecule has 102 valence electrons. The summed E-state index contributed by atoms with van der Waals surface area (Å²) < 4.78 is 1.95. The number of hydrogen-bond acceptors (Lipinski definition) is 2. The summed E-state index contributed by atoms with van der Waals surface area (Å²) in [5.74, 6) is -2.21. The third-order valence-corrected chi connectivity index (χ3v) is 5.90. The minimum Gasteiger partial charge on any atom is -0.481 e. The van der Waals surface area contributed by atoms with Crippen molar-refractivity contribution in [2.24, 2.45) is 17.3 Å². The molecular weight excluding hydrogens is 425 g/mol. The number of carbonyl (C=O) groups is 2. The van der Waals surface area contributed by atoms with E-state index in [4.69, 9.17) is 5.11 Å². The largest absolute Gasteiger partial charge is 0.481 e. The Balaban J connectivity index is 2.10. The highest BCUT2D eigenvalue weighted by Gasteiger charge is 2.65. The van der Waals surface area contributed by atoms with Gasteiger partial charge in [-0.05, 0) is 62.1 Å². The second-order valence-corrected chi connectivity index (χ2v) is 7.25. The van der Waals surface area contributed by atoms with Crippen LogP contribution in [0.5, 0.6) is 0 Å². The number of amides is 1. The van der Waals surface area contributed by atoms with Crippen molar-refractivity contribution in [3.63, 3.8) is 0 Å². The van der Waals surface area contributed by atoms with Gasteiger partial charge in [0, 0.05) is 13.7 Å². The van der Waals surface area contributed by atoms with Crippen molar-refractivity contribution in [2.45, 2.75) is 13.8 Å². The molecule has 0 aliphatic heterocycles. The van der Waals surface area contributed by atoms with Gasteiger partial charge in [-0.15, -0.1) is 0 Å². The van der Waals surface area contributed by atoms with E-state index in [0.29, 0.717) is 5.69 Å². The van der Waals surface area contributed by atoms with Crippen LogP contribution >= 0.6 is 38.5 Å². The lowest BCUT2D eigenvalue weighted by atomic mass is 10.1. The molecule has 1 aromatic rings. The maximum atomic E-state index is 12.1. The highest BCUT2D eigenvalue weighted by Crippen LogP contribution is 2.58. The first-order valence-corrected chi connectivity index (χ1v) is 7.61. The fourth-order valence-electron chi connectivity index (χ4n) is 2.38. The molecule has 0 spiro atoms. The van der Waals surface area contributed by atoms with E-state index in [1.54, 1.807) is 19.9 Å². The number of carbonyl (C=O) groups excluding carboxylic acids is 1. The molecule has 6 heteroatoms. The van der Waals surface area contributed by atoms with Gasteiger partial charge in [-0.2, -0.15) is 0 Å². The molecule has 2 N–H and O–H groups in total. The zero-order valence-corrected chi connectivity index (χ0v) is 14.1. The van der Waals surface area contributed by atoms with Crippen molar-refractivity contribution >= 4 is 56.1 Å². The summed E-state index contributed by atoms with van der Waals surface area (Å²) in [5, 5.41) is 11.8. The fourth-order valence-corrected chi connectivity index (χ4v) is 3.10. The van der Waals surface area contributed by atoms with Crippen molar-refractivity contribution in [2.75, 3.05) is 5.32 Å². The van der Waals surface area contributed by atoms with E-state index in [1.165, 1.54) is 0 Å². The Morgan fingerprint density at radius 2 is 2.00 bits per heavy atom. The first-order chi connectivity index (χ1) is 8.75. The molecular formula is C13H13BrINO3. The van der Waals surface area contributed by atoms with E-state index in [-0.39, 0.29) is 5.91 Å².